The first-order chi connectivity index (χ1) is 26.0. The van der Waals surface area contributed by atoms with Crippen molar-refractivity contribution >= 4 is 34.9 Å². The summed E-state index contributed by atoms with van der Waals surface area (Å²) in [6, 6.07) is 46.4. The monoisotopic (exact) mass is 702 g/mol. The summed E-state index contributed by atoms with van der Waals surface area (Å²) in [4.78, 5) is 5.11. The smallest absolute Gasteiger partial charge is 0.0448 e. The van der Waals surface area contributed by atoms with Gasteiger partial charge in [-0.3, -0.25) is 0 Å². The Bertz CT molecular complexity index is 2530. The molecule has 0 fully saturated rings. The van der Waals surface area contributed by atoms with Gasteiger partial charge in [0.2, 0.25) is 0 Å². The van der Waals surface area contributed by atoms with E-state index in [1.165, 1.54) is 95.9 Å². The predicted octanol–water partition coefficient (Wildman–Crippen LogP) is 13.4. The average Bonchev–Trinajstić information content (AvgIpc) is 3.54. The number of aryl methyl sites for hydroxylation is 2. The summed E-state index contributed by atoms with van der Waals surface area (Å²) < 4.78 is 0. The van der Waals surface area contributed by atoms with Crippen molar-refractivity contribution in [2.75, 3.05) is 16.3 Å². The van der Waals surface area contributed by atoms with Gasteiger partial charge in [0.1, 0.15) is 0 Å². The Labute approximate surface area is 321 Å². The van der Waals surface area contributed by atoms with Gasteiger partial charge in [-0.2, -0.15) is 0 Å². The maximum absolute atomic E-state index is 2.59. The topological polar surface area (TPSA) is 6.48 Å². The maximum Gasteiger partial charge on any atom is 0.0448 e. The minimum absolute atomic E-state index is 0.0503. The number of nitrogens with zero attached hydrogens (tertiary/aromatic N) is 2. The normalized spacial score (nSPS) is 18.1. The zero-order valence-electron chi connectivity index (χ0n) is 32.6. The van der Waals surface area contributed by atoms with Crippen LogP contribution in [0.25, 0.3) is 34.4 Å². The van der Waals surface area contributed by atoms with E-state index in [2.05, 4.69) is 185 Å². The van der Waals surface area contributed by atoms with Gasteiger partial charge in [-0.05, 0) is 143 Å². The molecule has 2 aliphatic heterocycles. The quantitative estimate of drug-likeness (QED) is 0.169. The minimum Gasteiger partial charge on any atom is -0.341 e. The van der Waals surface area contributed by atoms with Gasteiger partial charge in [0, 0.05) is 45.7 Å². The number of hydrogen-bond acceptors (Lipinski definition) is 2. The summed E-state index contributed by atoms with van der Waals surface area (Å²) in [5, 5.41) is 0. The van der Waals surface area contributed by atoms with Gasteiger partial charge >= 0.3 is 0 Å². The van der Waals surface area contributed by atoms with Crippen LogP contribution in [0.15, 0.2) is 121 Å². The van der Waals surface area contributed by atoms with Crippen molar-refractivity contribution in [2.45, 2.75) is 83.6 Å². The average molecular weight is 703 g/mol. The molecule has 2 nitrogen and oxygen atoms in total. The fourth-order valence-electron chi connectivity index (χ4n) is 10.3. The minimum atomic E-state index is -0.0948. The molecule has 0 atom stereocenters. The molecule has 0 amide bonds. The summed E-state index contributed by atoms with van der Waals surface area (Å²) in [6.07, 6.45) is 9.24. The molecule has 6 aromatic carbocycles. The van der Waals surface area contributed by atoms with E-state index < -0.39 is 0 Å². The van der Waals surface area contributed by atoms with Gasteiger partial charge < -0.3 is 9.80 Å². The fourth-order valence-corrected chi connectivity index (χ4v) is 10.3. The largest absolute Gasteiger partial charge is 0.341 e. The van der Waals surface area contributed by atoms with Crippen molar-refractivity contribution < 1.29 is 0 Å². The van der Waals surface area contributed by atoms with Crippen LogP contribution in [0.5, 0.6) is 0 Å². The van der Waals surface area contributed by atoms with Gasteiger partial charge in [-0.1, -0.05) is 125 Å². The highest BCUT2D eigenvalue weighted by Crippen LogP contribution is 2.53. The number of para-hydroxylation sites is 2. The first-order valence-corrected chi connectivity index (χ1v) is 20.0. The van der Waals surface area contributed by atoms with E-state index in [9.17, 15) is 0 Å². The molecule has 0 unspecified atom stereocenters. The van der Waals surface area contributed by atoms with Gasteiger partial charge in [0.15, 0.2) is 0 Å². The number of anilines is 4. The third kappa shape index (κ3) is 4.99. The van der Waals surface area contributed by atoms with E-state index in [0.717, 1.165) is 25.8 Å². The van der Waals surface area contributed by atoms with Gasteiger partial charge in [-0.15, -0.1) is 0 Å². The molecule has 0 N–H and O–H groups in total. The van der Waals surface area contributed by atoms with Crippen LogP contribution in [0.2, 0.25) is 0 Å². The maximum atomic E-state index is 2.59. The van der Waals surface area contributed by atoms with Crippen LogP contribution in [0, 0.1) is 0 Å². The second-order valence-corrected chi connectivity index (χ2v) is 17.8. The van der Waals surface area contributed by atoms with Crippen molar-refractivity contribution in [1.82, 2.24) is 0 Å². The highest BCUT2D eigenvalue weighted by molar-refractivity contribution is 5.87. The molecule has 0 saturated carbocycles. The van der Waals surface area contributed by atoms with Gasteiger partial charge in [-0.25, -0.2) is 0 Å². The summed E-state index contributed by atoms with van der Waals surface area (Å²) in [5.41, 5.74) is 21.7. The molecule has 0 aromatic heterocycles. The number of hydrogen-bond donors (Lipinski definition) is 0. The second kappa shape index (κ2) is 11.8. The van der Waals surface area contributed by atoms with Crippen LogP contribution in [-0.2, 0) is 23.7 Å². The lowest BCUT2D eigenvalue weighted by atomic mass is 9.81. The molecule has 10 rings (SSSR count). The summed E-state index contributed by atoms with van der Waals surface area (Å²) in [6.45, 7) is 15.4. The van der Waals surface area contributed by atoms with Crippen molar-refractivity contribution in [1.29, 1.82) is 0 Å². The van der Waals surface area contributed by atoms with Crippen LogP contribution >= 0.6 is 0 Å². The van der Waals surface area contributed by atoms with Crippen LogP contribution in [0.1, 0.15) is 98.9 Å². The molecule has 2 aliphatic carbocycles. The molecule has 6 aromatic rings. The molecule has 0 spiro atoms. The molecule has 4 aliphatic rings. The highest BCUT2D eigenvalue weighted by Gasteiger charge is 2.39. The van der Waals surface area contributed by atoms with Crippen LogP contribution in [0.3, 0.4) is 0 Å². The lowest BCUT2D eigenvalue weighted by Crippen LogP contribution is -2.44. The zero-order valence-corrected chi connectivity index (χ0v) is 32.6. The third-order valence-corrected chi connectivity index (χ3v) is 13.4. The first kappa shape index (κ1) is 33.2. The van der Waals surface area contributed by atoms with Crippen LogP contribution < -0.4 is 9.80 Å². The standard InChI is InChI=1S/C52H50N2/c1-50(2)28-27-37-13-8-10-16-49(37)54(50)39-22-26-43-41-24-20-35(31-45(41)52(5,6)47(43)33-39)18-17-34-19-23-40-42-25-21-38(32-46(42)51(3,4)44(40)30-34)53-29-11-14-36-12-7-9-15-48(36)53/h7-10,12-13,15-26,30-33H,11,14,27-29H2,1-6H3/b18-17+. The molecule has 2 heteroatoms. The van der Waals surface area contributed by atoms with E-state index in [1.54, 1.807) is 0 Å². The Morgan fingerprint density at radius 2 is 0.963 bits per heavy atom. The Morgan fingerprint density at radius 3 is 1.57 bits per heavy atom. The Morgan fingerprint density at radius 1 is 0.481 bits per heavy atom. The van der Waals surface area contributed by atoms with Crippen LogP contribution in [-0.4, -0.2) is 12.1 Å². The Balaban J connectivity index is 0.933. The fraction of sp³-hybridized carbons (Fsp3) is 0.269. The molecule has 268 valence electrons. The molecule has 0 saturated heterocycles. The highest BCUT2D eigenvalue weighted by atomic mass is 15.2. The third-order valence-electron chi connectivity index (χ3n) is 13.4. The van der Waals surface area contributed by atoms with Crippen molar-refractivity contribution in [2.24, 2.45) is 0 Å². The van der Waals surface area contributed by atoms with E-state index in [0.29, 0.717) is 0 Å². The second-order valence-electron chi connectivity index (χ2n) is 17.8. The summed E-state index contributed by atoms with van der Waals surface area (Å²) in [7, 11) is 0. The first-order valence-electron chi connectivity index (χ1n) is 20.0. The summed E-state index contributed by atoms with van der Waals surface area (Å²) in [5.74, 6) is 0. The predicted molar refractivity (Wildman–Crippen MR) is 230 cm³/mol. The molecular formula is C52H50N2. The molecule has 0 radical (unpaired) electrons. The summed E-state index contributed by atoms with van der Waals surface area (Å²) >= 11 is 0. The molecule has 54 heavy (non-hydrogen) atoms. The van der Waals surface area contributed by atoms with Crippen molar-refractivity contribution in [3.05, 3.63) is 166 Å². The van der Waals surface area contributed by atoms with Gasteiger partial charge in [0.05, 0.1) is 0 Å². The lowest BCUT2D eigenvalue weighted by Gasteiger charge is -2.45. The van der Waals surface area contributed by atoms with Crippen LogP contribution in [0.4, 0.5) is 22.7 Å². The SMILES string of the molecule is CC1(C)c2cc(/C=C/c3ccc4c(c3)C(C)(C)c3cc(N5c6ccccc6CCC5(C)C)ccc3-4)ccc2-c2ccc(N3CCCc4ccccc43)cc21. The number of rotatable bonds is 4. The zero-order chi connectivity index (χ0) is 37.0. The Hall–Kier alpha value is -5.34. The van der Waals surface area contributed by atoms with E-state index >= 15 is 0 Å². The van der Waals surface area contributed by atoms with E-state index in [-0.39, 0.29) is 16.4 Å². The van der Waals surface area contributed by atoms with Gasteiger partial charge in [0.25, 0.3) is 0 Å². The lowest BCUT2D eigenvalue weighted by molar-refractivity contribution is 0.447. The van der Waals surface area contributed by atoms with Crippen molar-refractivity contribution in [3.63, 3.8) is 0 Å². The Kier molecular flexibility index (Phi) is 7.28. The van der Waals surface area contributed by atoms with Crippen molar-refractivity contribution in [3.8, 4) is 22.3 Å². The molecule has 0 bridgehead atoms. The van der Waals surface area contributed by atoms with E-state index in [1.807, 2.05) is 0 Å². The number of fused-ring (bicyclic) bond motifs is 8. The molecular weight excluding hydrogens is 653 g/mol. The number of benzene rings is 6. The van der Waals surface area contributed by atoms with E-state index in [4.69, 9.17) is 0 Å². The molecule has 2 heterocycles.